The van der Waals surface area contributed by atoms with Crippen molar-refractivity contribution in [3.63, 3.8) is 0 Å². The van der Waals surface area contributed by atoms with Crippen LogP contribution in [-0.4, -0.2) is 26.4 Å². The van der Waals surface area contributed by atoms with E-state index in [1.54, 1.807) is 0 Å². The van der Waals surface area contributed by atoms with Crippen molar-refractivity contribution < 1.29 is 13.2 Å². The molecule has 0 atom stereocenters. The van der Waals surface area contributed by atoms with E-state index in [9.17, 15) is 8.42 Å². The third-order valence-corrected chi connectivity index (χ3v) is 5.98. The molecule has 1 aromatic heterocycles. The maximum Gasteiger partial charge on any atom is 0.270 e. The van der Waals surface area contributed by atoms with Gasteiger partial charge in [0.15, 0.2) is 4.90 Å². The van der Waals surface area contributed by atoms with E-state index in [1.165, 1.54) is 16.8 Å². The molecule has 0 radical (unpaired) electrons. The molecule has 0 aliphatic heterocycles. The Balaban J connectivity index is 2.02. The van der Waals surface area contributed by atoms with Crippen molar-refractivity contribution in [2.75, 3.05) is 18.0 Å². The summed E-state index contributed by atoms with van der Waals surface area (Å²) in [5.74, 6) is 0.606. The molecular formula is C14H16N2O3S2. The monoisotopic (exact) mass is 324 g/mol. The van der Waals surface area contributed by atoms with Gasteiger partial charge in [-0.25, -0.2) is 8.42 Å². The van der Waals surface area contributed by atoms with E-state index in [0.717, 1.165) is 24.4 Å². The lowest BCUT2D eigenvalue weighted by Crippen LogP contribution is -2.33. The molecule has 0 saturated heterocycles. The highest BCUT2D eigenvalue weighted by Crippen LogP contribution is 2.36. The second-order valence-electron chi connectivity index (χ2n) is 5.00. The lowest BCUT2D eigenvalue weighted by atomic mass is 10.3. The number of hydrogen-bond donors (Lipinski definition) is 0. The zero-order valence-electron chi connectivity index (χ0n) is 11.6. The molecule has 0 spiro atoms. The van der Waals surface area contributed by atoms with Gasteiger partial charge in [-0.15, -0.1) is 0 Å². The third kappa shape index (κ3) is 2.89. The van der Waals surface area contributed by atoms with Gasteiger partial charge in [0.05, 0.1) is 12.8 Å². The number of rotatable bonds is 6. The summed E-state index contributed by atoms with van der Waals surface area (Å²) in [6.45, 7) is 0.505. The molecule has 112 valence electrons. The second kappa shape index (κ2) is 5.65. The zero-order chi connectivity index (χ0) is 14.9. The van der Waals surface area contributed by atoms with Gasteiger partial charge in [0.1, 0.15) is 0 Å². The van der Waals surface area contributed by atoms with E-state index in [4.69, 9.17) is 4.74 Å². The Hall–Kier alpha value is -1.60. The van der Waals surface area contributed by atoms with E-state index in [2.05, 4.69) is 4.37 Å². The Morgan fingerprint density at radius 3 is 2.67 bits per heavy atom. The number of anilines is 1. The first-order chi connectivity index (χ1) is 10.1. The van der Waals surface area contributed by atoms with Gasteiger partial charge in [0.25, 0.3) is 10.0 Å². The first kappa shape index (κ1) is 14.3. The summed E-state index contributed by atoms with van der Waals surface area (Å²) in [5, 5.41) is 1.52. The molecule has 1 heterocycles. The van der Waals surface area contributed by atoms with Crippen LogP contribution in [-0.2, 0) is 10.0 Å². The van der Waals surface area contributed by atoms with Gasteiger partial charge in [-0.05, 0) is 42.4 Å². The fraction of sp³-hybridized carbons (Fsp3) is 0.357. The van der Waals surface area contributed by atoms with Gasteiger partial charge >= 0.3 is 0 Å². The third-order valence-electron chi connectivity index (χ3n) is 3.43. The number of ether oxygens (including phenoxy) is 1. The lowest BCUT2D eigenvalue weighted by Gasteiger charge is -2.24. The van der Waals surface area contributed by atoms with Crippen LogP contribution in [0.4, 0.5) is 5.69 Å². The van der Waals surface area contributed by atoms with E-state index in [1.807, 2.05) is 30.3 Å². The summed E-state index contributed by atoms with van der Waals surface area (Å²) in [6.07, 6.45) is 2.16. The number of hydrogen-bond acceptors (Lipinski definition) is 5. The van der Waals surface area contributed by atoms with Gasteiger partial charge in [0.2, 0.25) is 5.88 Å². The molecule has 2 aromatic rings. The number of nitrogens with zero attached hydrogens (tertiary/aromatic N) is 2. The molecule has 1 aliphatic rings. The van der Waals surface area contributed by atoms with Gasteiger partial charge in [0, 0.05) is 11.9 Å². The van der Waals surface area contributed by atoms with Gasteiger partial charge < -0.3 is 4.74 Å². The van der Waals surface area contributed by atoms with Crippen molar-refractivity contribution in [1.29, 1.82) is 0 Å². The Bertz CT molecular complexity index is 709. The first-order valence-corrected chi connectivity index (χ1v) is 8.96. The second-order valence-corrected chi connectivity index (χ2v) is 7.46. The fourth-order valence-electron chi connectivity index (χ4n) is 2.12. The van der Waals surface area contributed by atoms with Crippen LogP contribution in [0.1, 0.15) is 12.8 Å². The highest BCUT2D eigenvalue weighted by molar-refractivity contribution is 7.93. The quantitative estimate of drug-likeness (QED) is 0.820. The Kier molecular flexibility index (Phi) is 3.86. The maximum atomic E-state index is 12.9. The van der Waals surface area contributed by atoms with E-state index >= 15 is 0 Å². The van der Waals surface area contributed by atoms with Crippen LogP contribution in [0.25, 0.3) is 0 Å². The van der Waals surface area contributed by atoms with Crippen LogP contribution in [0.3, 0.4) is 0 Å². The molecule has 1 aromatic carbocycles. The normalized spacial score (nSPS) is 14.9. The van der Waals surface area contributed by atoms with Crippen molar-refractivity contribution in [3.05, 3.63) is 35.7 Å². The maximum absolute atomic E-state index is 12.9. The predicted octanol–water partition coefficient (Wildman–Crippen LogP) is 2.76. The van der Waals surface area contributed by atoms with E-state index in [-0.39, 0.29) is 10.8 Å². The standard InChI is InChI=1S/C14H16N2O3S2/c1-19-14-13(10-20-15-14)21(17,18)16(9-11-7-8-11)12-5-3-2-4-6-12/h2-6,10-11H,7-9H2,1H3. The molecule has 0 amide bonds. The van der Waals surface area contributed by atoms with E-state index in [0.29, 0.717) is 18.2 Å². The smallest absolute Gasteiger partial charge is 0.270 e. The SMILES string of the molecule is COc1nscc1S(=O)(=O)N(CC1CC1)c1ccccc1. The molecule has 1 fully saturated rings. The number of methoxy groups -OCH3 is 1. The van der Waals surface area contributed by atoms with Crippen LogP contribution in [0.5, 0.6) is 5.88 Å². The summed E-state index contributed by atoms with van der Waals surface area (Å²) in [4.78, 5) is 0.138. The topological polar surface area (TPSA) is 59.5 Å². The highest BCUT2D eigenvalue weighted by Gasteiger charge is 2.34. The van der Waals surface area contributed by atoms with Gasteiger partial charge in [-0.1, -0.05) is 18.2 Å². The minimum Gasteiger partial charge on any atom is -0.479 e. The molecule has 5 nitrogen and oxygen atoms in total. The van der Waals surface area contributed by atoms with Crippen molar-refractivity contribution in [2.45, 2.75) is 17.7 Å². The Morgan fingerprint density at radius 2 is 2.05 bits per heavy atom. The summed E-state index contributed by atoms with van der Waals surface area (Å²) in [6, 6.07) is 9.18. The number of para-hydroxylation sites is 1. The fourth-order valence-corrected chi connectivity index (χ4v) is 4.70. The molecule has 1 aliphatic carbocycles. The largest absolute Gasteiger partial charge is 0.479 e. The minimum absolute atomic E-state index is 0.138. The van der Waals surface area contributed by atoms with Crippen molar-refractivity contribution in [3.8, 4) is 5.88 Å². The Morgan fingerprint density at radius 1 is 1.33 bits per heavy atom. The highest BCUT2D eigenvalue weighted by atomic mass is 32.2. The first-order valence-electron chi connectivity index (χ1n) is 6.69. The van der Waals surface area contributed by atoms with Crippen molar-refractivity contribution in [2.24, 2.45) is 5.92 Å². The van der Waals surface area contributed by atoms with Gasteiger partial charge in [-0.2, -0.15) is 4.37 Å². The van der Waals surface area contributed by atoms with Gasteiger partial charge in [-0.3, -0.25) is 4.31 Å². The molecule has 21 heavy (non-hydrogen) atoms. The summed E-state index contributed by atoms with van der Waals surface area (Å²) in [7, 11) is -2.22. The van der Waals surface area contributed by atoms with Crippen LogP contribution in [0.2, 0.25) is 0 Å². The van der Waals surface area contributed by atoms with Crippen LogP contribution >= 0.6 is 11.5 Å². The molecule has 7 heteroatoms. The van der Waals surface area contributed by atoms with Crippen molar-refractivity contribution >= 4 is 27.2 Å². The summed E-state index contributed by atoms with van der Waals surface area (Å²) in [5.41, 5.74) is 0.678. The summed E-state index contributed by atoms with van der Waals surface area (Å²) >= 11 is 1.08. The molecule has 0 unspecified atom stereocenters. The number of sulfonamides is 1. The lowest BCUT2D eigenvalue weighted by molar-refractivity contribution is 0.391. The number of benzene rings is 1. The van der Waals surface area contributed by atoms with Crippen LogP contribution in [0.15, 0.2) is 40.6 Å². The van der Waals surface area contributed by atoms with Crippen LogP contribution < -0.4 is 9.04 Å². The number of aromatic nitrogens is 1. The molecule has 0 N–H and O–H groups in total. The Labute approximate surface area is 128 Å². The molecule has 3 rings (SSSR count). The summed E-state index contributed by atoms with van der Waals surface area (Å²) < 4.78 is 36.4. The average Bonchev–Trinajstić information content (AvgIpc) is 3.18. The molecule has 0 bridgehead atoms. The zero-order valence-corrected chi connectivity index (χ0v) is 13.2. The van der Waals surface area contributed by atoms with Crippen LogP contribution in [0, 0.1) is 5.92 Å². The molecular weight excluding hydrogens is 308 g/mol. The van der Waals surface area contributed by atoms with E-state index < -0.39 is 10.0 Å². The predicted molar refractivity (Wildman–Crippen MR) is 82.4 cm³/mol. The minimum atomic E-state index is -3.65. The molecule has 1 saturated carbocycles. The average molecular weight is 324 g/mol. The van der Waals surface area contributed by atoms with Crippen molar-refractivity contribution in [1.82, 2.24) is 4.37 Å².